The van der Waals surface area contributed by atoms with Crippen molar-refractivity contribution in [2.24, 2.45) is 5.92 Å². The number of fused-ring (bicyclic) bond motifs is 4. The van der Waals surface area contributed by atoms with Gasteiger partial charge in [-0.05, 0) is 38.6 Å². The van der Waals surface area contributed by atoms with Crippen LogP contribution >= 0.6 is 12.2 Å². The molecule has 1 aromatic rings. The lowest BCUT2D eigenvalue weighted by Gasteiger charge is -2.56. The largest absolute Gasteiger partial charge is 0.467 e. The summed E-state index contributed by atoms with van der Waals surface area (Å²) in [5, 5.41) is 4.33. The van der Waals surface area contributed by atoms with Gasteiger partial charge in [-0.3, -0.25) is 0 Å². The molecule has 1 N–H and O–H groups in total. The molecule has 108 valence electrons. The van der Waals surface area contributed by atoms with Crippen molar-refractivity contribution in [2.45, 2.75) is 45.9 Å². The van der Waals surface area contributed by atoms with Gasteiger partial charge in [-0.15, -0.1) is 0 Å². The van der Waals surface area contributed by atoms with Crippen LogP contribution in [0.1, 0.15) is 44.4 Å². The van der Waals surface area contributed by atoms with Gasteiger partial charge in [0.25, 0.3) is 0 Å². The van der Waals surface area contributed by atoms with Gasteiger partial charge in [-0.1, -0.05) is 31.5 Å². The normalized spacial score (nSPS) is 31.4. The Morgan fingerprint density at radius 3 is 2.90 bits per heavy atom. The highest BCUT2D eigenvalue weighted by Crippen LogP contribution is 2.47. The average Bonchev–Trinajstić information content (AvgIpc) is 2.40. The average molecular weight is 290 g/mol. The Morgan fingerprint density at radius 2 is 2.20 bits per heavy atom. The van der Waals surface area contributed by atoms with E-state index in [1.54, 1.807) is 0 Å². The number of aryl methyl sites for hydroxylation is 1. The molecule has 0 radical (unpaired) electrons. The molecule has 0 amide bonds. The minimum atomic E-state index is -0.356. The van der Waals surface area contributed by atoms with E-state index in [1.165, 1.54) is 11.1 Å². The van der Waals surface area contributed by atoms with E-state index in [0.717, 1.165) is 23.8 Å². The predicted molar refractivity (Wildman–Crippen MR) is 84.8 cm³/mol. The van der Waals surface area contributed by atoms with Crippen LogP contribution < -0.4 is 10.1 Å². The van der Waals surface area contributed by atoms with Gasteiger partial charge in [0.05, 0.1) is 6.04 Å². The minimum absolute atomic E-state index is 0.240. The Hall–Kier alpha value is -1.29. The molecule has 0 aliphatic carbocycles. The van der Waals surface area contributed by atoms with Crippen molar-refractivity contribution in [1.29, 1.82) is 0 Å². The first kappa shape index (κ1) is 13.7. The van der Waals surface area contributed by atoms with E-state index in [-0.39, 0.29) is 11.8 Å². The maximum absolute atomic E-state index is 6.39. The van der Waals surface area contributed by atoms with E-state index in [9.17, 15) is 0 Å². The third kappa shape index (κ3) is 1.81. The van der Waals surface area contributed by atoms with Crippen molar-refractivity contribution in [3.63, 3.8) is 0 Å². The Kier molecular flexibility index (Phi) is 3.16. The van der Waals surface area contributed by atoms with Crippen molar-refractivity contribution in [2.75, 3.05) is 6.54 Å². The number of rotatable bonds is 2. The number of benzene rings is 1. The molecule has 2 heterocycles. The van der Waals surface area contributed by atoms with Crippen molar-refractivity contribution in [3.8, 4) is 5.75 Å². The maximum atomic E-state index is 6.39. The number of thiocarbonyl (C=S) groups is 1. The quantitative estimate of drug-likeness (QED) is 0.844. The van der Waals surface area contributed by atoms with E-state index in [2.05, 4.69) is 56.1 Å². The van der Waals surface area contributed by atoms with Gasteiger partial charge in [0.1, 0.15) is 5.75 Å². The highest BCUT2D eigenvalue weighted by molar-refractivity contribution is 7.80. The SMILES string of the molecule is CCCN1C(=S)NC2c3cc(C)ccc3OC1(C)C2C. The summed E-state index contributed by atoms with van der Waals surface area (Å²) in [4.78, 5) is 2.20. The first-order valence-electron chi connectivity index (χ1n) is 7.35. The zero-order chi connectivity index (χ0) is 14.5. The highest BCUT2D eigenvalue weighted by Gasteiger charge is 2.52. The van der Waals surface area contributed by atoms with Crippen LogP contribution in [-0.2, 0) is 0 Å². The highest BCUT2D eigenvalue weighted by atomic mass is 32.1. The lowest BCUT2D eigenvalue weighted by molar-refractivity contribution is -0.110. The zero-order valence-electron chi connectivity index (χ0n) is 12.6. The summed E-state index contributed by atoms with van der Waals surface area (Å²) in [5.74, 6) is 1.33. The summed E-state index contributed by atoms with van der Waals surface area (Å²) >= 11 is 5.57. The molecular weight excluding hydrogens is 268 g/mol. The second kappa shape index (κ2) is 4.62. The molecule has 2 aliphatic rings. The number of ether oxygens (including phenoxy) is 1. The van der Waals surface area contributed by atoms with Crippen molar-refractivity contribution >= 4 is 17.3 Å². The lowest BCUT2D eigenvalue weighted by Crippen LogP contribution is -2.68. The maximum Gasteiger partial charge on any atom is 0.186 e. The molecule has 1 saturated heterocycles. The van der Waals surface area contributed by atoms with Gasteiger partial charge >= 0.3 is 0 Å². The van der Waals surface area contributed by atoms with Gasteiger partial charge in [0.2, 0.25) is 0 Å². The van der Waals surface area contributed by atoms with Crippen molar-refractivity contribution in [3.05, 3.63) is 29.3 Å². The minimum Gasteiger partial charge on any atom is -0.467 e. The van der Waals surface area contributed by atoms with Gasteiger partial charge < -0.3 is 15.0 Å². The summed E-state index contributed by atoms with van der Waals surface area (Å²) in [6.45, 7) is 9.61. The van der Waals surface area contributed by atoms with Gasteiger partial charge in [0, 0.05) is 18.0 Å². The molecule has 3 atom stereocenters. The third-order valence-electron chi connectivity index (χ3n) is 4.67. The molecule has 3 unspecified atom stereocenters. The van der Waals surface area contributed by atoms with E-state index in [1.807, 2.05) is 0 Å². The molecule has 0 aromatic heterocycles. The summed E-state index contributed by atoms with van der Waals surface area (Å²) in [6.07, 6.45) is 1.05. The van der Waals surface area contributed by atoms with Crippen LogP contribution in [0, 0.1) is 12.8 Å². The predicted octanol–water partition coefficient (Wildman–Crippen LogP) is 3.38. The summed E-state index contributed by atoms with van der Waals surface area (Å²) < 4.78 is 6.39. The van der Waals surface area contributed by atoms with Crippen LogP contribution in [0.15, 0.2) is 18.2 Å². The van der Waals surface area contributed by atoms with E-state index in [4.69, 9.17) is 17.0 Å². The number of nitrogens with zero attached hydrogens (tertiary/aromatic N) is 1. The molecule has 3 nitrogen and oxygen atoms in total. The summed E-state index contributed by atoms with van der Waals surface area (Å²) in [5.41, 5.74) is 2.13. The fourth-order valence-electron chi connectivity index (χ4n) is 3.36. The third-order valence-corrected chi connectivity index (χ3v) is 5.01. The smallest absolute Gasteiger partial charge is 0.186 e. The van der Waals surface area contributed by atoms with Crippen LogP contribution in [0.4, 0.5) is 0 Å². The first-order valence-corrected chi connectivity index (χ1v) is 7.76. The molecule has 2 bridgehead atoms. The van der Waals surface area contributed by atoms with E-state index in [0.29, 0.717) is 5.92 Å². The van der Waals surface area contributed by atoms with Gasteiger partial charge in [0.15, 0.2) is 10.8 Å². The van der Waals surface area contributed by atoms with E-state index < -0.39 is 0 Å². The van der Waals surface area contributed by atoms with Gasteiger partial charge in [-0.2, -0.15) is 0 Å². The zero-order valence-corrected chi connectivity index (χ0v) is 13.4. The lowest BCUT2D eigenvalue weighted by atomic mass is 9.80. The molecule has 2 aliphatic heterocycles. The molecule has 4 heteroatoms. The molecule has 20 heavy (non-hydrogen) atoms. The standard InChI is InChI=1S/C16H22N2OS/c1-5-8-18-15(20)17-14-11(3)16(18,4)19-13-7-6-10(2)9-12(13)14/h6-7,9,11,14H,5,8H2,1-4H3,(H,17,20). The summed E-state index contributed by atoms with van der Waals surface area (Å²) in [7, 11) is 0. The molecular formula is C16H22N2OS. The second-order valence-corrected chi connectivity index (χ2v) is 6.45. The summed E-state index contributed by atoms with van der Waals surface area (Å²) in [6, 6.07) is 6.64. The molecule has 0 spiro atoms. The van der Waals surface area contributed by atoms with E-state index >= 15 is 0 Å². The fraction of sp³-hybridized carbons (Fsp3) is 0.562. The number of hydrogen-bond donors (Lipinski definition) is 1. The second-order valence-electron chi connectivity index (χ2n) is 6.07. The fourth-order valence-corrected chi connectivity index (χ4v) is 3.76. The van der Waals surface area contributed by atoms with Crippen LogP contribution in [0.2, 0.25) is 0 Å². The number of nitrogens with one attached hydrogen (secondary N) is 1. The molecule has 1 fully saturated rings. The first-order chi connectivity index (χ1) is 9.47. The van der Waals surface area contributed by atoms with Crippen LogP contribution in [0.3, 0.4) is 0 Å². The van der Waals surface area contributed by atoms with Crippen LogP contribution in [-0.4, -0.2) is 22.3 Å². The monoisotopic (exact) mass is 290 g/mol. The molecule has 1 aromatic carbocycles. The Balaban J connectivity index is 2.09. The molecule has 3 rings (SSSR count). The molecule has 0 saturated carbocycles. The Morgan fingerprint density at radius 1 is 1.45 bits per heavy atom. The number of hydrogen-bond acceptors (Lipinski definition) is 2. The van der Waals surface area contributed by atoms with Crippen molar-refractivity contribution < 1.29 is 4.74 Å². The van der Waals surface area contributed by atoms with Gasteiger partial charge in [-0.25, -0.2) is 0 Å². The topological polar surface area (TPSA) is 24.5 Å². The van der Waals surface area contributed by atoms with Crippen LogP contribution in [0.25, 0.3) is 0 Å². The Labute approximate surface area is 126 Å². The van der Waals surface area contributed by atoms with Crippen LogP contribution in [0.5, 0.6) is 5.75 Å². The Bertz CT molecular complexity index is 559. The van der Waals surface area contributed by atoms with Crippen molar-refractivity contribution in [1.82, 2.24) is 10.2 Å².